The third-order valence-corrected chi connectivity index (χ3v) is 7.22. The monoisotopic (exact) mass is 474 g/mol. The van der Waals surface area contributed by atoms with Crippen LogP contribution < -0.4 is 0 Å². The summed E-state index contributed by atoms with van der Waals surface area (Å²) in [7, 11) is 0.933. The number of unbranched alkanes of at least 4 members (excludes halogenated alkanes) is 12. The number of likely N-dealkylation sites (N-methyl/N-ethyl adjacent to an activating group) is 1. The molecule has 32 heavy (non-hydrogen) atoms. The predicted octanol–water partition coefficient (Wildman–Crippen LogP) is 6.93. The molecule has 0 heterocycles. The predicted molar refractivity (Wildman–Crippen MR) is 138 cm³/mol. The molecule has 0 saturated heterocycles. The molecule has 1 atom stereocenters. The van der Waals surface area contributed by atoms with Gasteiger partial charge in [-0.25, -0.2) is 0 Å². The molecule has 1 unspecified atom stereocenters. The van der Waals surface area contributed by atoms with E-state index in [4.69, 9.17) is 0 Å². The SMILES string of the molecule is CCCC/C=C\CCCCCCCCC/C=C\CCCCC(O)(C[N+](C)(C)C)P(=O)(O)O. The lowest BCUT2D eigenvalue weighted by atomic mass is 10.1. The highest BCUT2D eigenvalue weighted by molar-refractivity contribution is 7.53. The number of aliphatic hydroxyl groups is 1. The van der Waals surface area contributed by atoms with Crippen LogP contribution >= 0.6 is 7.60 Å². The summed E-state index contributed by atoms with van der Waals surface area (Å²) >= 11 is 0. The van der Waals surface area contributed by atoms with Gasteiger partial charge in [-0.05, 0) is 57.8 Å². The summed E-state index contributed by atoms with van der Waals surface area (Å²) in [5.41, 5.74) is 0. The van der Waals surface area contributed by atoms with E-state index in [1.165, 1.54) is 70.6 Å². The van der Waals surface area contributed by atoms with Crippen molar-refractivity contribution >= 4 is 7.60 Å². The highest BCUT2D eigenvalue weighted by Crippen LogP contribution is 2.52. The maximum atomic E-state index is 11.8. The van der Waals surface area contributed by atoms with Crippen LogP contribution in [-0.4, -0.2) is 52.4 Å². The fourth-order valence-electron chi connectivity index (χ4n) is 3.95. The molecule has 0 aliphatic carbocycles. The van der Waals surface area contributed by atoms with Crippen molar-refractivity contribution in [2.24, 2.45) is 0 Å². The van der Waals surface area contributed by atoms with Gasteiger partial charge in [-0.2, -0.15) is 0 Å². The summed E-state index contributed by atoms with van der Waals surface area (Å²) in [4.78, 5) is 19.2. The number of hydrogen-bond donors (Lipinski definition) is 3. The second kappa shape index (κ2) is 18.0. The average molecular weight is 475 g/mol. The second-order valence-corrected chi connectivity index (χ2v) is 12.3. The topological polar surface area (TPSA) is 77.8 Å². The zero-order valence-corrected chi connectivity index (χ0v) is 22.4. The van der Waals surface area contributed by atoms with E-state index in [2.05, 4.69) is 31.2 Å². The van der Waals surface area contributed by atoms with Gasteiger partial charge < -0.3 is 19.4 Å². The number of rotatable bonds is 21. The van der Waals surface area contributed by atoms with Crippen LogP contribution in [-0.2, 0) is 4.57 Å². The van der Waals surface area contributed by atoms with Crippen molar-refractivity contribution in [3.05, 3.63) is 24.3 Å². The molecule has 0 spiro atoms. The Bertz CT molecular complexity index is 551. The number of hydrogen-bond acceptors (Lipinski definition) is 2. The lowest BCUT2D eigenvalue weighted by Gasteiger charge is -2.35. The molecule has 0 radical (unpaired) electrons. The van der Waals surface area contributed by atoms with Crippen LogP contribution in [0, 0.1) is 0 Å². The van der Waals surface area contributed by atoms with E-state index in [1.807, 2.05) is 21.1 Å². The van der Waals surface area contributed by atoms with Crippen molar-refractivity contribution in [3.8, 4) is 0 Å². The van der Waals surface area contributed by atoms with E-state index >= 15 is 0 Å². The van der Waals surface area contributed by atoms with Crippen LogP contribution in [0.2, 0.25) is 0 Å². The molecule has 190 valence electrons. The summed E-state index contributed by atoms with van der Waals surface area (Å²) < 4.78 is 12.1. The molecular formula is C26H53NO4P+. The Morgan fingerprint density at radius 3 is 1.44 bits per heavy atom. The lowest BCUT2D eigenvalue weighted by molar-refractivity contribution is -0.875. The molecule has 0 aliphatic heterocycles. The molecule has 0 saturated carbocycles. The summed E-state index contributed by atoms with van der Waals surface area (Å²) in [6.07, 6.45) is 27.0. The van der Waals surface area contributed by atoms with Gasteiger partial charge in [-0.1, -0.05) is 76.2 Å². The molecule has 5 nitrogen and oxygen atoms in total. The summed E-state index contributed by atoms with van der Waals surface area (Å²) in [5, 5.41) is 8.60. The maximum absolute atomic E-state index is 11.8. The zero-order chi connectivity index (χ0) is 24.3. The maximum Gasteiger partial charge on any atom is 0.362 e. The third-order valence-electron chi connectivity index (χ3n) is 5.77. The molecule has 0 aliphatic rings. The molecule has 6 heteroatoms. The quantitative estimate of drug-likeness (QED) is 0.0729. The number of nitrogens with zero attached hydrogens (tertiary/aromatic N) is 1. The molecule has 0 amide bonds. The van der Waals surface area contributed by atoms with E-state index in [0.29, 0.717) is 10.9 Å². The normalized spacial score (nSPS) is 15.1. The standard InChI is InChI=1S/C26H52NO4P/c1-5-6-7-8-9-10-11-12-13-14-15-16-17-18-19-20-21-22-23-24-26(28,32(29,30)31)25-27(2,3)4/h8-9,19-20,28H,5-7,10-18,21-25H2,1-4H3,(H-,29,30,31)/p+1/b9-8-,20-19-. The Kier molecular flexibility index (Phi) is 17.7. The zero-order valence-electron chi connectivity index (χ0n) is 21.5. The van der Waals surface area contributed by atoms with Crippen LogP contribution in [0.1, 0.15) is 110 Å². The van der Waals surface area contributed by atoms with Gasteiger partial charge >= 0.3 is 7.60 Å². The molecule has 0 bridgehead atoms. The van der Waals surface area contributed by atoms with Crippen molar-refractivity contribution in [1.82, 2.24) is 0 Å². The lowest BCUT2D eigenvalue weighted by Crippen LogP contribution is -2.49. The first-order valence-corrected chi connectivity index (χ1v) is 14.5. The average Bonchev–Trinajstić information content (AvgIpc) is 2.67. The van der Waals surface area contributed by atoms with Gasteiger partial charge in [0.05, 0.1) is 21.1 Å². The fourth-order valence-corrected chi connectivity index (χ4v) is 5.01. The minimum atomic E-state index is -4.56. The highest BCUT2D eigenvalue weighted by Gasteiger charge is 2.48. The van der Waals surface area contributed by atoms with Crippen molar-refractivity contribution in [1.29, 1.82) is 0 Å². The molecular weight excluding hydrogens is 421 g/mol. The van der Waals surface area contributed by atoms with E-state index in [1.54, 1.807) is 0 Å². The van der Waals surface area contributed by atoms with Crippen molar-refractivity contribution in [2.45, 2.75) is 115 Å². The molecule has 0 aromatic rings. The van der Waals surface area contributed by atoms with E-state index < -0.39 is 12.9 Å². The largest absolute Gasteiger partial charge is 0.373 e. The molecule has 0 rings (SSSR count). The van der Waals surface area contributed by atoms with Crippen LogP contribution in [0.5, 0.6) is 0 Å². The van der Waals surface area contributed by atoms with Crippen LogP contribution in [0.15, 0.2) is 24.3 Å². The van der Waals surface area contributed by atoms with Gasteiger partial charge in [-0.3, -0.25) is 4.57 Å². The molecule has 3 N–H and O–H groups in total. The molecule has 0 aromatic heterocycles. The Hall–Kier alpha value is -0.450. The Morgan fingerprint density at radius 1 is 0.688 bits per heavy atom. The van der Waals surface area contributed by atoms with Gasteiger partial charge in [0.25, 0.3) is 0 Å². The smallest absolute Gasteiger partial charge is 0.362 e. The van der Waals surface area contributed by atoms with E-state index in [9.17, 15) is 19.5 Å². The molecule has 0 aromatic carbocycles. The first kappa shape index (κ1) is 31.6. The minimum absolute atomic E-state index is 0.0449. The summed E-state index contributed by atoms with van der Waals surface area (Å²) in [6.45, 7) is 2.28. The Morgan fingerprint density at radius 2 is 1.06 bits per heavy atom. The van der Waals surface area contributed by atoms with E-state index in [-0.39, 0.29) is 13.0 Å². The van der Waals surface area contributed by atoms with Gasteiger partial charge in [0.2, 0.25) is 5.34 Å². The van der Waals surface area contributed by atoms with Crippen LogP contribution in [0.25, 0.3) is 0 Å². The Labute approximate surface area is 198 Å². The first-order valence-electron chi connectivity index (χ1n) is 12.9. The van der Waals surface area contributed by atoms with Gasteiger partial charge in [0.1, 0.15) is 6.54 Å². The van der Waals surface area contributed by atoms with E-state index in [0.717, 1.165) is 19.3 Å². The summed E-state index contributed by atoms with van der Waals surface area (Å²) in [5.74, 6) is 0. The fraction of sp³-hybridized carbons (Fsp3) is 0.846. The van der Waals surface area contributed by atoms with Crippen molar-refractivity contribution < 1.29 is 23.9 Å². The highest BCUT2D eigenvalue weighted by atomic mass is 31.2. The minimum Gasteiger partial charge on any atom is -0.373 e. The van der Waals surface area contributed by atoms with Crippen molar-refractivity contribution in [2.75, 3.05) is 27.7 Å². The van der Waals surface area contributed by atoms with Crippen LogP contribution in [0.4, 0.5) is 0 Å². The second-order valence-electron chi connectivity index (χ2n) is 10.4. The van der Waals surface area contributed by atoms with Crippen molar-refractivity contribution in [3.63, 3.8) is 0 Å². The number of allylic oxidation sites excluding steroid dienone is 4. The number of quaternary nitrogens is 1. The van der Waals surface area contributed by atoms with Gasteiger partial charge in [0, 0.05) is 0 Å². The van der Waals surface area contributed by atoms with Gasteiger partial charge in [-0.15, -0.1) is 0 Å². The summed E-state index contributed by atoms with van der Waals surface area (Å²) in [6, 6.07) is 0. The van der Waals surface area contributed by atoms with Crippen LogP contribution in [0.3, 0.4) is 0 Å². The molecule has 0 fully saturated rings. The third kappa shape index (κ3) is 18.0. The first-order chi connectivity index (χ1) is 15.0. The van der Waals surface area contributed by atoms with Gasteiger partial charge in [0.15, 0.2) is 0 Å². The Balaban J connectivity index is 3.67.